The number of benzene rings is 1. The summed E-state index contributed by atoms with van der Waals surface area (Å²) in [5, 5.41) is 6.84. The summed E-state index contributed by atoms with van der Waals surface area (Å²) in [5.41, 5.74) is 1.89. The number of nitrogens with zero attached hydrogens (tertiary/aromatic N) is 1. The number of amides is 2. The highest BCUT2D eigenvalue weighted by Gasteiger charge is 2.17. The summed E-state index contributed by atoms with van der Waals surface area (Å²) in [5.74, 6) is 0. The first kappa shape index (κ1) is 15.8. The van der Waals surface area contributed by atoms with Gasteiger partial charge in [0.05, 0.1) is 23.9 Å². The molecule has 0 bridgehead atoms. The minimum absolute atomic E-state index is 0.142. The summed E-state index contributed by atoms with van der Waals surface area (Å²) in [4.78, 5) is 12.1. The number of carbonyl (C=O) groups is 1. The molecular weight excluding hydrogens is 294 g/mol. The molecule has 6 nitrogen and oxygen atoms in total. The third kappa shape index (κ3) is 3.83. The van der Waals surface area contributed by atoms with E-state index in [1.54, 1.807) is 7.11 Å². The van der Waals surface area contributed by atoms with Gasteiger partial charge in [0.25, 0.3) is 0 Å². The Morgan fingerprint density at radius 3 is 3.09 bits per heavy atom. The lowest BCUT2D eigenvalue weighted by atomic mass is 10.2. The van der Waals surface area contributed by atoms with Crippen LogP contribution in [0, 0.1) is 0 Å². The van der Waals surface area contributed by atoms with Gasteiger partial charge in [0.15, 0.2) is 0 Å². The molecule has 0 unspecified atom stereocenters. The third-order valence-corrected chi connectivity index (χ3v) is 4.09. The van der Waals surface area contributed by atoms with Gasteiger partial charge < -0.3 is 24.7 Å². The number of methoxy groups -OCH3 is 1. The van der Waals surface area contributed by atoms with Crippen LogP contribution in [0.2, 0.25) is 0 Å². The number of nitrogens with one attached hydrogen (secondary N) is 2. The van der Waals surface area contributed by atoms with Crippen molar-refractivity contribution in [1.29, 1.82) is 0 Å². The van der Waals surface area contributed by atoms with Crippen LogP contribution in [-0.2, 0) is 16.0 Å². The van der Waals surface area contributed by atoms with Gasteiger partial charge in [-0.25, -0.2) is 4.79 Å². The number of rotatable bonds is 6. The second-order valence-electron chi connectivity index (χ2n) is 5.72. The van der Waals surface area contributed by atoms with Crippen molar-refractivity contribution in [2.75, 3.05) is 32.2 Å². The zero-order valence-electron chi connectivity index (χ0n) is 13.4. The van der Waals surface area contributed by atoms with Crippen LogP contribution in [0.3, 0.4) is 0 Å². The normalized spacial score (nSPS) is 17.5. The van der Waals surface area contributed by atoms with E-state index in [1.807, 2.05) is 30.5 Å². The van der Waals surface area contributed by atoms with E-state index in [1.165, 1.54) is 0 Å². The average Bonchev–Trinajstić information content (AvgIpc) is 3.20. The SMILES string of the molecule is COCCn1cc(NC(=O)NC[C@@H]2CCCO2)c2ccccc21. The molecule has 2 aromatic rings. The van der Waals surface area contributed by atoms with Crippen LogP contribution in [0.15, 0.2) is 30.5 Å². The highest BCUT2D eigenvalue weighted by Crippen LogP contribution is 2.25. The molecule has 0 spiro atoms. The Morgan fingerprint density at radius 1 is 1.43 bits per heavy atom. The molecular formula is C17H23N3O3. The van der Waals surface area contributed by atoms with Gasteiger partial charge in [0.1, 0.15) is 0 Å². The first-order chi connectivity index (χ1) is 11.3. The van der Waals surface area contributed by atoms with E-state index in [-0.39, 0.29) is 12.1 Å². The van der Waals surface area contributed by atoms with E-state index in [0.717, 1.165) is 42.6 Å². The van der Waals surface area contributed by atoms with Gasteiger partial charge in [0.2, 0.25) is 0 Å². The van der Waals surface area contributed by atoms with Crippen molar-refractivity contribution in [2.45, 2.75) is 25.5 Å². The molecule has 6 heteroatoms. The molecule has 0 saturated carbocycles. The molecule has 1 saturated heterocycles. The highest BCUT2D eigenvalue weighted by atomic mass is 16.5. The van der Waals surface area contributed by atoms with Crippen LogP contribution in [0.4, 0.5) is 10.5 Å². The van der Waals surface area contributed by atoms with E-state index in [0.29, 0.717) is 13.2 Å². The molecule has 1 aromatic carbocycles. The summed E-state index contributed by atoms with van der Waals surface area (Å²) in [7, 11) is 1.68. The number of anilines is 1. The smallest absolute Gasteiger partial charge is 0.319 e. The van der Waals surface area contributed by atoms with Gasteiger partial charge in [-0.1, -0.05) is 18.2 Å². The summed E-state index contributed by atoms with van der Waals surface area (Å²) in [6.45, 7) is 2.72. The minimum atomic E-state index is -0.199. The molecule has 3 rings (SSSR count). The molecule has 1 aromatic heterocycles. The lowest BCUT2D eigenvalue weighted by Gasteiger charge is -2.11. The van der Waals surface area contributed by atoms with Crippen LogP contribution >= 0.6 is 0 Å². The fourth-order valence-electron chi connectivity index (χ4n) is 2.90. The van der Waals surface area contributed by atoms with Crippen molar-refractivity contribution >= 4 is 22.6 Å². The summed E-state index contributed by atoms with van der Waals surface area (Å²) in [6, 6.07) is 7.82. The number of urea groups is 1. The Kier molecular flexibility index (Phi) is 5.15. The summed E-state index contributed by atoms with van der Waals surface area (Å²) >= 11 is 0. The minimum Gasteiger partial charge on any atom is -0.383 e. The number of carbonyl (C=O) groups excluding carboxylic acids is 1. The number of aromatic nitrogens is 1. The van der Waals surface area contributed by atoms with Gasteiger partial charge in [-0.15, -0.1) is 0 Å². The monoisotopic (exact) mass is 317 g/mol. The van der Waals surface area contributed by atoms with Crippen LogP contribution in [0.5, 0.6) is 0 Å². The highest BCUT2D eigenvalue weighted by molar-refractivity contribution is 6.01. The van der Waals surface area contributed by atoms with Crippen LogP contribution in [0.25, 0.3) is 10.9 Å². The van der Waals surface area contributed by atoms with Crippen molar-refractivity contribution < 1.29 is 14.3 Å². The van der Waals surface area contributed by atoms with Crippen molar-refractivity contribution in [3.63, 3.8) is 0 Å². The van der Waals surface area contributed by atoms with Crippen LogP contribution in [0.1, 0.15) is 12.8 Å². The van der Waals surface area contributed by atoms with Gasteiger partial charge in [-0.05, 0) is 18.9 Å². The Morgan fingerprint density at radius 2 is 2.30 bits per heavy atom. The zero-order chi connectivity index (χ0) is 16.1. The molecule has 124 valence electrons. The second-order valence-corrected chi connectivity index (χ2v) is 5.72. The molecule has 2 heterocycles. The molecule has 0 radical (unpaired) electrons. The number of hydrogen-bond acceptors (Lipinski definition) is 3. The molecule has 1 atom stereocenters. The van der Waals surface area contributed by atoms with Crippen molar-refractivity contribution in [3.05, 3.63) is 30.5 Å². The maximum atomic E-state index is 12.1. The quantitative estimate of drug-likeness (QED) is 0.861. The van der Waals surface area contributed by atoms with Gasteiger partial charge in [0, 0.05) is 38.4 Å². The maximum Gasteiger partial charge on any atom is 0.319 e. The molecule has 23 heavy (non-hydrogen) atoms. The topological polar surface area (TPSA) is 64.5 Å². The van der Waals surface area contributed by atoms with Crippen molar-refractivity contribution in [2.24, 2.45) is 0 Å². The number of hydrogen-bond donors (Lipinski definition) is 2. The van der Waals surface area contributed by atoms with E-state index >= 15 is 0 Å². The van der Waals surface area contributed by atoms with E-state index in [2.05, 4.69) is 15.2 Å². The number of para-hydroxylation sites is 1. The predicted molar refractivity (Wildman–Crippen MR) is 89.8 cm³/mol. The summed E-state index contributed by atoms with van der Waals surface area (Å²) in [6.07, 6.45) is 4.18. The molecule has 2 amide bonds. The Balaban J connectivity index is 1.67. The molecule has 1 aliphatic heterocycles. The van der Waals surface area contributed by atoms with Gasteiger partial charge in [-0.3, -0.25) is 0 Å². The van der Waals surface area contributed by atoms with E-state index < -0.39 is 0 Å². The Bertz CT molecular complexity index is 662. The van der Waals surface area contributed by atoms with Crippen molar-refractivity contribution in [1.82, 2.24) is 9.88 Å². The summed E-state index contributed by atoms with van der Waals surface area (Å²) < 4.78 is 12.7. The Labute approximate surface area is 135 Å². The largest absolute Gasteiger partial charge is 0.383 e. The average molecular weight is 317 g/mol. The second kappa shape index (κ2) is 7.48. The first-order valence-corrected chi connectivity index (χ1v) is 8.01. The lowest BCUT2D eigenvalue weighted by molar-refractivity contribution is 0.112. The standard InChI is InChI=1S/C17H23N3O3/c1-22-10-8-20-12-15(14-6-2-3-7-16(14)20)19-17(21)18-11-13-5-4-9-23-13/h2-3,6-7,12-13H,4-5,8-11H2,1H3,(H2,18,19,21)/t13-/m0/s1. The predicted octanol–water partition coefficient (Wildman–Crippen LogP) is 2.59. The van der Waals surface area contributed by atoms with Gasteiger partial charge >= 0.3 is 6.03 Å². The fraction of sp³-hybridized carbons (Fsp3) is 0.471. The molecule has 1 fully saturated rings. The maximum absolute atomic E-state index is 12.1. The molecule has 0 aliphatic carbocycles. The fourth-order valence-corrected chi connectivity index (χ4v) is 2.90. The van der Waals surface area contributed by atoms with Crippen LogP contribution in [-0.4, -0.2) is 43.6 Å². The molecule has 1 aliphatic rings. The number of ether oxygens (including phenoxy) is 2. The van der Waals surface area contributed by atoms with E-state index in [4.69, 9.17) is 9.47 Å². The third-order valence-electron chi connectivity index (χ3n) is 4.09. The van der Waals surface area contributed by atoms with Crippen molar-refractivity contribution in [3.8, 4) is 0 Å². The lowest BCUT2D eigenvalue weighted by Crippen LogP contribution is -2.34. The zero-order valence-corrected chi connectivity index (χ0v) is 13.4. The Hall–Kier alpha value is -2.05. The van der Waals surface area contributed by atoms with Gasteiger partial charge in [-0.2, -0.15) is 0 Å². The van der Waals surface area contributed by atoms with E-state index in [9.17, 15) is 4.79 Å². The number of fused-ring (bicyclic) bond motifs is 1. The first-order valence-electron chi connectivity index (χ1n) is 8.01. The van der Waals surface area contributed by atoms with Crippen LogP contribution < -0.4 is 10.6 Å². The molecule has 2 N–H and O–H groups in total.